The number of rotatable bonds is 8. The van der Waals surface area contributed by atoms with Crippen LogP contribution in [-0.2, 0) is 22.2 Å². The average Bonchev–Trinajstić information content (AvgIpc) is 2.93. The Hall–Kier alpha value is -1.45. The van der Waals surface area contributed by atoms with E-state index in [2.05, 4.69) is 14.5 Å². The molecule has 5 fully saturated rings. The Kier molecular flexibility index (Phi) is 9.72. The second-order valence-electron chi connectivity index (χ2n) is 12.2. The molecule has 5 atom stereocenters. The van der Waals surface area contributed by atoms with Crippen LogP contribution in [0.25, 0.3) is 0 Å². The molecule has 1 amide bonds. The maximum absolute atomic E-state index is 15.3. The van der Waals surface area contributed by atoms with Crippen molar-refractivity contribution in [1.29, 1.82) is 0 Å². The smallest absolute Gasteiger partial charge is 0.225 e. The Morgan fingerprint density at radius 2 is 1.88 bits per heavy atom. The highest BCUT2D eigenvalue weighted by Crippen LogP contribution is 2.39. The summed E-state index contributed by atoms with van der Waals surface area (Å²) < 4.78 is 30.7. The van der Waals surface area contributed by atoms with Crippen molar-refractivity contribution >= 4 is 45.9 Å². The van der Waals surface area contributed by atoms with Crippen LogP contribution in [0, 0.1) is 17.7 Å². The van der Waals surface area contributed by atoms with Crippen molar-refractivity contribution in [3.8, 4) is 0 Å². The standard InChI is InChI=1S/C32H41ClFN3O2S2/c33-25-8-6-22(7-9-25)28(23-13-16-40-17-14-23)19-32(38)35-30-5-1-4-29(34)27(30)10-11-31-24-20-36(21-24)26-3-2-18-41(39)37(31)15-12-26/h1,4-9,23-24,26,28,31H,2-3,10-21H2,(H,35,38). The molecule has 7 rings (SSSR count). The predicted molar refractivity (Wildman–Crippen MR) is 168 cm³/mol. The molecule has 4 bridgehead atoms. The van der Waals surface area contributed by atoms with Crippen LogP contribution >= 0.6 is 23.4 Å². The first kappa shape index (κ1) is 29.6. The Bertz CT molecular complexity index is 1240. The summed E-state index contributed by atoms with van der Waals surface area (Å²) in [6.07, 6.45) is 7.01. The van der Waals surface area contributed by atoms with Gasteiger partial charge in [-0.3, -0.25) is 9.69 Å². The minimum Gasteiger partial charge on any atom is -0.326 e. The quantitative estimate of drug-likeness (QED) is 0.367. The van der Waals surface area contributed by atoms with Crippen molar-refractivity contribution in [2.45, 2.75) is 69.4 Å². The van der Waals surface area contributed by atoms with Crippen molar-refractivity contribution in [2.75, 3.05) is 42.2 Å². The minimum atomic E-state index is -0.979. The summed E-state index contributed by atoms with van der Waals surface area (Å²) in [5, 5.41) is 3.79. The molecule has 1 N–H and O–H groups in total. The van der Waals surface area contributed by atoms with Gasteiger partial charge in [0, 0.05) is 66.1 Å². The maximum Gasteiger partial charge on any atom is 0.225 e. The Morgan fingerprint density at radius 3 is 2.66 bits per heavy atom. The number of halogens is 2. The van der Waals surface area contributed by atoms with Crippen LogP contribution < -0.4 is 5.32 Å². The van der Waals surface area contributed by atoms with Gasteiger partial charge in [0.15, 0.2) is 0 Å². The van der Waals surface area contributed by atoms with Gasteiger partial charge in [-0.1, -0.05) is 29.8 Å². The van der Waals surface area contributed by atoms with Gasteiger partial charge in [-0.15, -0.1) is 0 Å². The number of amides is 1. The van der Waals surface area contributed by atoms with E-state index in [-0.39, 0.29) is 23.7 Å². The molecule has 5 aliphatic rings. The van der Waals surface area contributed by atoms with Crippen LogP contribution in [0.1, 0.15) is 62.0 Å². The molecule has 0 aliphatic carbocycles. The van der Waals surface area contributed by atoms with E-state index in [1.54, 1.807) is 6.07 Å². The molecule has 5 saturated heterocycles. The number of anilines is 1. The summed E-state index contributed by atoms with van der Waals surface area (Å²) in [6, 6.07) is 13.7. The first-order valence-corrected chi connectivity index (χ1v) is 18.1. The lowest BCUT2D eigenvalue weighted by molar-refractivity contribution is -0.116. The topological polar surface area (TPSA) is 52.7 Å². The van der Waals surface area contributed by atoms with E-state index in [9.17, 15) is 9.00 Å². The molecule has 2 aromatic carbocycles. The van der Waals surface area contributed by atoms with E-state index in [0.717, 1.165) is 81.0 Å². The largest absolute Gasteiger partial charge is 0.326 e. The highest BCUT2D eigenvalue weighted by molar-refractivity contribution is 7.99. The molecule has 9 heteroatoms. The molecule has 0 spiro atoms. The van der Waals surface area contributed by atoms with Crippen LogP contribution in [0.3, 0.4) is 0 Å². The summed E-state index contributed by atoms with van der Waals surface area (Å²) in [5.41, 5.74) is 2.27. The number of benzene rings is 2. The molecule has 5 unspecified atom stereocenters. The molecule has 0 aromatic heterocycles. The zero-order valence-electron chi connectivity index (χ0n) is 23.6. The second-order valence-corrected chi connectivity index (χ2v) is 15.4. The average molecular weight is 618 g/mol. The minimum absolute atomic E-state index is 0.0773. The number of hydrogen-bond acceptors (Lipinski definition) is 4. The summed E-state index contributed by atoms with van der Waals surface area (Å²) in [4.78, 5) is 16.1. The van der Waals surface area contributed by atoms with Gasteiger partial charge in [0.1, 0.15) is 5.82 Å². The van der Waals surface area contributed by atoms with Gasteiger partial charge in [-0.25, -0.2) is 12.9 Å². The molecule has 41 heavy (non-hydrogen) atoms. The van der Waals surface area contributed by atoms with Gasteiger partial charge in [-0.05, 0) is 98.1 Å². The van der Waals surface area contributed by atoms with Gasteiger partial charge >= 0.3 is 0 Å². The molecular formula is C32H41ClFN3O2S2. The normalized spacial score (nSPS) is 30.8. The lowest BCUT2D eigenvalue weighted by Gasteiger charge is -2.53. The third-order valence-corrected chi connectivity index (χ3v) is 12.7. The second kappa shape index (κ2) is 13.5. The lowest BCUT2D eigenvalue weighted by atomic mass is 9.80. The van der Waals surface area contributed by atoms with E-state index >= 15 is 4.39 Å². The highest BCUT2D eigenvalue weighted by Gasteiger charge is 2.44. The zero-order chi connectivity index (χ0) is 28.3. The van der Waals surface area contributed by atoms with Gasteiger partial charge < -0.3 is 5.32 Å². The number of thioether (sulfide) groups is 1. The molecule has 222 valence electrons. The first-order chi connectivity index (χ1) is 20.0. The fourth-order valence-corrected chi connectivity index (χ4v) is 10.3. The van der Waals surface area contributed by atoms with Crippen LogP contribution in [0.15, 0.2) is 42.5 Å². The fraction of sp³-hybridized carbons (Fsp3) is 0.594. The van der Waals surface area contributed by atoms with E-state index in [4.69, 9.17) is 11.6 Å². The number of nitrogens with zero attached hydrogens (tertiary/aromatic N) is 2. The summed E-state index contributed by atoms with van der Waals surface area (Å²) in [7, 11) is -0.979. The van der Waals surface area contributed by atoms with Crippen LogP contribution in [0.2, 0.25) is 5.02 Å². The number of hydrogen-bond donors (Lipinski definition) is 1. The zero-order valence-corrected chi connectivity index (χ0v) is 26.0. The molecule has 0 radical (unpaired) electrons. The fourth-order valence-electron chi connectivity index (χ4n) is 7.48. The summed E-state index contributed by atoms with van der Waals surface area (Å²) >= 11 is 8.14. The number of nitrogens with one attached hydrogen (secondary N) is 1. The summed E-state index contributed by atoms with van der Waals surface area (Å²) in [5.74, 6) is 3.62. The van der Waals surface area contributed by atoms with Gasteiger partial charge in [0.05, 0.1) is 11.0 Å². The highest BCUT2D eigenvalue weighted by atomic mass is 35.5. The third kappa shape index (κ3) is 6.87. The van der Waals surface area contributed by atoms with Crippen molar-refractivity contribution < 1.29 is 13.4 Å². The van der Waals surface area contributed by atoms with Crippen molar-refractivity contribution in [1.82, 2.24) is 9.21 Å². The molecule has 5 aliphatic heterocycles. The number of carbonyl (C=O) groups excluding carboxylic acids is 1. The maximum atomic E-state index is 15.3. The Labute approximate surface area is 255 Å². The SMILES string of the molecule is O=C(CC(c1ccc(Cl)cc1)C1CCSCC1)Nc1cccc(F)c1CCC1C2CN(C2)C2CCCS(=O)N1CC2. The van der Waals surface area contributed by atoms with Crippen LogP contribution in [0.5, 0.6) is 0 Å². The van der Waals surface area contributed by atoms with E-state index in [1.807, 2.05) is 42.1 Å². The molecule has 5 heterocycles. The van der Waals surface area contributed by atoms with Gasteiger partial charge in [0.2, 0.25) is 5.91 Å². The monoisotopic (exact) mass is 617 g/mol. The van der Waals surface area contributed by atoms with Gasteiger partial charge in [0.25, 0.3) is 0 Å². The molecule has 2 aromatic rings. The first-order valence-electron chi connectivity index (χ1n) is 15.3. The van der Waals surface area contributed by atoms with Crippen LogP contribution in [0.4, 0.5) is 10.1 Å². The summed E-state index contributed by atoms with van der Waals surface area (Å²) in [6.45, 7) is 2.95. The van der Waals surface area contributed by atoms with Crippen molar-refractivity contribution in [3.63, 3.8) is 0 Å². The van der Waals surface area contributed by atoms with Crippen molar-refractivity contribution in [2.24, 2.45) is 11.8 Å². The van der Waals surface area contributed by atoms with E-state index < -0.39 is 11.0 Å². The number of carbonyl (C=O) groups is 1. The molecular weight excluding hydrogens is 577 g/mol. The molecule has 5 nitrogen and oxygen atoms in total. The third-order valence-electron chi connectivity index (χ3n) is 9.79. The predicted octanol–water partition coefficient (Wildman–Crippen LogP) is 6.50. The van der Waals surface area contributed by atoms with Crippen LogP contribution in [-0.4, -0.2) is 68.3 Å². The van der Waals surface area contributed by atoms with Crippen molar-refractivity contribution in [3.05, 3.63) is 64.4 Å². The lowest BCUT2D eigenvalue weighted by Crippen LogP contribution is -2.63. The Morgan fingerprint density at radius 1 is 1.10 bits per heavy atom. The Balaban J connectivity index is 1.16. The van der Waals surface area contributed by atoms with Gasteiger partial charge in [-0.2, -0.15) is 11.8 Å². The molecule has 0 saturated carbocycles. The van der Waals surface area contributed by atoms with E-state index in [1.165, 1.54) is 6.07 Å². The van der Waals surface area contributed by atoms with E-state index in [0.29, 0.717) is 47.0 Å².